The smallest absolute Gasteiger partial charge is 0.111 e. The second kappa shape index (κ2) is 8.46. The lowest BCUT2D eigenvalue weighted by atomic mass is 10.7. The molecule has 0 fully saturated rings. The van der Waals surface area contributed by atoms with Crippen molar-refractivity contribution in [1.29, 1.82) is 0 Å². The maximum absolute atomic E-state index is 5.08. The summed E-state index contributed by atoms with van der Waals surface area (Å²) < 4.78 is 14.7. The van der Waals surface area contributed by atoms with Gasteiger partial charge in [0.15, 0.2) is 0 Å². The van der Waals surface area contributed by atoms with Crippen molar-refractivity contribution in [2.75, 3.05) is 33.5 Å². The molecule has 0 saturated carbocycles. The molecule has 0 aliphatic carbocycles. The van der Waals surface area contributed by atoms with Gasteiger partial charge in [0, 0.05) is 7.11 Å². The predicted octanol–water partition coefficient (Wildman–Crippen LogP) is 0.809. The molecule has 0 bridgehead atoms. The van der Waals surface area contributed by atoms with E-state index in [1.807, 2.05) is 0 Å². The molecule has 0 aliphatic rings. The molecule has 0 rings (SSSR count). The van der Waals surface area contributed by atoms with Gasteiger partial charge < -0.3 is 14.2 Å². The molecule has 0 atom stereocenters. The molecule has 0 saturated heterocycles. The van der Waals surface area contributed by atoms with Gasteiger partial charge in [-0.2, -0.15) is 0 Å². The Morgan fingerprint density at radius 1 is 1.20 bits per heavy atom. The van der Waals surface area contributed by atoms with E-state index in [2.05, 4.69) is 6.58 Å². The van der Waals surface area contributed by atoms with Crippen LogP contribution in [0.2, 0.25) is 0 Å². The number of hydrogen-bond donors (Lipinski definition) is 0. The van der Waals surface area contributed by atoms with Crippen LogP contribution in [0.1, 0.15) is 0 Å². The molecule has 0 heterocycles. The molecule has 0 N–H and O–H groups in total. The summed E-state index contributed by atoms with van der Waals surface area (Å²) in [6.07, 6.45) is 1.40. The van der Waals surface area contributed by atoms with E-state index in [9.17, 15) is 0 Å². The van der Waals surface area contributed by atoms with Gasteiger partial charge in [0.25, 0.3) is 0 Å². The van der Waals surface area contributed by atoms with E-state index < -0.39 is 0 Å². The fourth-order valence-electron chi connectivity index (χ4n) is 0.435. The normalized spacial score (nSPS) is 9.30. The largest absolute Gasteiger partial charge is 0.499 e. The van der Waals surface area contributed by atoms with Crippen LogP contribution in [0.25, 0.3) is 0 Å². The highest BCUT2D eigenvalue weighted by Crippen LogP contribution is 1.78. The fourth-order valence-corrected chi connectivity index (χ4v) is 0.435. The highest BCUT2D eigenvalue weighted by atomic mass is 16.5. The van der Waals surface area contributed by atoms with Crippen molar-refractivity contribution in [1.82, 2.24) is 0 Å². The monoisotopic (exact) mass is 146 g/mol. The average molecular weight is 146 g/mol. The summed E-state index contributed by atoms with van der Waals surface area (Å²) >= 11 is 0. The van der Waals surface area contributed by atoms with Crippen LogP contribution in [-0.2, 0) is 14.2 Å². The van der Waals surface area contributed by atoms with Gasteiger partial charge >= 0.3 is 0 Å². The molecule has 3 nitrogen and oxygen atoms in total. The van der Waals surface area contributed by atoms with Gasteiger partial charge in [-0.1, -0.05) is 6.58 Å². The summed E-state index contributed by atoms with van der Waals surface area (Å²) in [5.41, 5.74) is 0. The molecule has 0 aromatic rings. The summed E-state index contributed by atoms with van der Waals surface area (Å²) in [4.78, 5) is 0. The minimum absolute atomic E-state index is 0.563. The highest BCUT2D eigenvalue weighted by Gasteiger charge is 1.85. The molecule has 60 valence electrons. The Morgan fingerprint density at radius 2 is 1.90 bits per heavy atom. The zero-order valence-corrected chi connectivity index (χ0v) is 6.34. The molecule has 10 heavy (non-hydrogen) atoms. The lowest BCUT2D eigenvalue weighted by Gasteiger charge is -2.01. The highest BCUT2D eigenvalue weighted by molar-refractivity contribution is 4.47. The van der Waals surface area contributed by atoms with Crippen LogP contribution in [0.4, 0.5) is 0 Å². The van der Waals surface area contributed by atoms with E-state index in [4.69, 9.17) is 14.2 Å². The SMILES string of the molecule is C=COCCOCCOC. The summed E-state index contributed by atoms with van der Waals surface area (Å²) in [6.45, 7) is 5.80. The summed E-state index contributed by atoms with van der Waals surface area (Å²) in [6, 6.07) is 0. The lowest BCUT2D eigenvalue weighted by Crippen LogP contribution is -2.06. The molecule has 3 heteroatoms. The van der Waals surface area contributed by atoms with Crippen molar-refractivity contribution in [3.05, 3.63) is 12.8 Å². The van der Waals surface area contributed by atoms with Crippen LogP contribution in [-0.4, -0.2) is 33.5 Å². The topological polar surface area (TPSA) is 27.7 Å². The van der Waals surface area contributed by atoms with Crippen molar-refractivity contribution >= 4 is 0 Å². The summed E-state index contributed by atoms with van der Waals surface area (Å²) in [7, 11) is 1.64. The first-order valence-electron chi connectivity index (χ1n) is 3.21. The van der Waals surface area contributed by atoms with Crippen molar-refractivity contribution in [3.8, 4) is 0 Å². The van der Waals surface area contributed by atoms with Crippen molar-refractivity contribution in [2.45, 2.75) is 0 Å². The van der Waals surface area contributed by atoms with Crippen molar-refractivity contribution < 1.29 is 14.2 Å². The second-order valence-corrected chi connectivity index (χ2v) is 1.64. The first-order chi connectivity index (χ1) is 4.91. The van der Waals surface area contributed by atoms with Crippen LogP contribution in [0.3, 0.4) is 0 Å². The number of methoxy groups -OCH3 is 1. The third-order valence-electron chi connectivity index (χ3n) is 0.895. The van der Waals surface area contributed by atoms with Gasteiger partial charge in [0.2, 0.25) is 0 Å². The van der Waals surface area contributed by atoms with E-state index in [1.54, 1.807) is 7.11 Å². The van der Waals surface area contributed by atoms with Gasteiger partial charge in [-0.05, 0) is 0 Å². The Morgan fingerprint density at radius 3 is 2.50 bits per heavy atom. The predicted molar refractivity (Wildman–Crippen MR) is 38.8 cm³/mol. The Kier molecular flexibility index (Phi) is 8.00. The van der Waals surface area contributed by atoms with Crippen LogP contribution in [0, 0.1) is 0 Å². The van der Waals surface area contributed by atoms with E-state index in [0.29, 0.717) is 26.4 Å². The van der Waals surface area contributed by atoms with Crippen molar-refractivity contribution in [2.24, 2.45) is 0 Å². The van der Waals surface area contributed by atoms with E-state index in [1.165, 1.54) is 6.26 Å². The van der Waals surface area contributed by atoms with E-state index in [-0.39, 0.29) is 0 Å². The second-order valence-electron chi connectivity index (χ2n) is 1.64. The summed E-state index contributed by atoms with van der Waals surface area (Å²) in [5.74, 6) is 0. The van der Waals surface area contributed by atoms with Crippen molar-refractivity contribution in [3.63, 3.8) is 0 Å². The molecule has 0 aromatic heterocycles. The maximum atomic E-state index is 5.08. The van der Waals surface area contributed by atoms with E-state index in [0.717, 1.165) is 0 Å². The fraction of sp³-hybridized carbons (Fsp3) is 0.714. The minimum atomic E-state index is 0.563. The Balaban J connectivity index is 2.70. The minimum Gasteiger partial charge on any atom is -0.499 e. The number of rotatable bonds is 7. The van der Waals surface area contributed by atoms with Gasteiger partial charge in [0.1, 0.15) is 6.61 Å². The van der Waals surface area contributed by atoms with Gasteiger partial charge in [-0.3, -0.25) is 0 Å². The van der Waals surface area contributed by atoms with Gasteiger partial charge in [-0.25, -0.2) is 0 Å². The quantitative estimate of drug-likeness (QED) is 0.393. The lowest BCUT2D eigenvalue weighted by molar-refractivity contribution is 0.0465. The molecular formula is C7H14O3. The molecule has 0 aromatic carbocycles. The molecule has 0 aliphatic heterocycles. The maximum Gasteiger partial charge on any atom is 0.111 e. The van der Waals surface area contributed by atoms with Gasteiger partial charge in [-0.15, -0.1) is 0 Å². The molecule has 0 unspecified atom stereocenters. The molecular weight excluding hydrogens is 132 g/mol. The average Bonchev–Trinajstić information content (AvgIpc) is 1.97. The number of hydrogen-bond acceptors (Lipinski definition) is 3. The standard InChI is InChI=1S/C7H14O3/c1-3-9-6-7-10-5-4-8-2/h3H,1,4-7H2,2H3. The van der Waals surface area contributed by atoms with E-state index >= 15 is 0 Å². The first-order valence-corrected chi connectivity index (χ1v) is 3.21. The zero-order chi connectivity index (χ0) is 7.66. The summed E-state index contributed by atoms with van der Waals surface area (Å²) in [5, 5.41) is 0. The third kappa shape index (κ3) is 7.46. The van der Waals surface area contributed by atoms with Gasteiger partial charge in [0.05, 0.1) is 26.1 Å². The molecule has 0 radical (unpaired) electrons. The molecule has 0 amide bonds. The van der Waals surface area contributed by atoms with Crippen LogP contribution >= 0.6 is 0 Å². The number of ether oxygens (including phenoxy) is 3. The Hall–Kier alpha value is -0.540. The first kappa shape index (κ1) is 9.46. The zero-order valence-electron chi connectivity index (χ0n) is 6.34. The third-order valence-corrected chi connectivity index (χ3v) is 0.895. The Labute approximate surface area is 61.6 Å². The van der Waals surface area contributed by atoms with Crippen LogP contribution in [0.15, 0.2) is 12.8 Å². The van der Waals surface area contributed by atoms with Crippen LogP contribution in [0.5, 0.6) is 0 Å². The molecule has 0 spiro atoms. The Bertz CT molecular complexity index is 73.3. The van der Waals surface area contributed by atoms with Crippen LogP contribution < -0.4 is 0 Å².